The molecule has 1 saturated heterocycles. The number of fused-ring (bicyclic) bond motifs is 1. The summed E-state index contributed by atoms with van der Waals surface area (Å²) in [4.78, 5) is 0. The molecule has 1 fully saturated rings. The van der Waals surface area contributed by atoms with Crippen molar-refractivity contribution in [1.82, 2.24) is 14.8 Å². The predicted octanol–water partition coefficient (Wildman–Crippen LogP) is 2.14. The fraction of sp³-hybridized carbons (Fsp3) is 0.846. The summed E-state index contributed by atoms with van der Waals surface area (Å²) in [5.41, 5.74) is 0. The maximum atomic E-state index is 5.54. The van der Waals surface area contributed by atoms with Gasteiger partial charge in [0, 0.05) is 32.1 Å². The lowest BCUT2D eigenvalue weighted by Crippen LogP contribution is -2.23. The average molecular weight is 235 g/mol. The molecule has 2 aliphatic heterocycles. The van der Waals surface area contributed by atoms with E-state index in [0.717, 1.165) is 26.1 Å². The van der Waals surface area contributed by atoms with Crippen LogP contribution in [0.5, 0.6) is 0 Å². The smallest absolute Gasteiger partial charge is 0.133 e. The third kappa shape index (κ3) is 2.23. The fourth-order valence-electron chi connectivity index (χ4n) is 3.09. The number of aryl methyl sites for hydroxylation is 1. The molecule has 2 atom stereocenters. The average Bonchev–Trinajstić information content (AvgIpc) is 2.75. The Balaban J connectivity index is 1.76. The number of ether oxygens (including phenoxy) is 1. The highest BCUT2D eigenvalue weighted by molar-refractivity contribution is 5.02. The van der Waals surface area contributed by atoms with Crippen molar-refractivity contribution in [3.05, 3.63) is 11.6 Å². The van der Waals surface area contributed by atoms with Crippen LogP contribution < -0.4 is 0 Å². The molecule has 3 heterocycles. The summed E-state index contributed by atoms with van der Waals surface area (Å²) in [6, 6.07) is 0.577. The lowest BCUT2D eigenvalue weighted by atomic mass is 9.97. The van der Waals surface area contributed by atoms with Crippen molar-refractivity contribution in [1.29, 1.82) is 0 Å². The summed E-state index contributed by atoms with van der Waals surface area (Å²) in [7, 11) is 0. The van der Waals surface area contributed by atoms with Crippen molar-refractivity contribution in [3.63, 3.8) is 0 Å². The summed E-state index contributed by atoms with van der Waals surface area (Å²) in [6.45, 7) is 4.12. The van der Waals surface area contributed by atoms with Crippen molar-refractivity contribution in [2.75, 3.05) is 13.2 Å². The Kier molecular flexibility index (Phi) is 3.14. The molecular formula is C13H21N3O. The van der Waals surface area contributed by atoms with Gasteiger partial charge < -0.3 is 9.30 Å². The molecule has 4 heteroatoms. The third-order valence-electron chi connectivity index (χ3n) is 4.03. The Morgan fingerprint density at radius 1 is 1.29 bits per heavy atom. The molecule has 3 rings (SSSR count). The van der Waals surface area contributed by atoms with Crippen LogP contribution in [-0.2, 0) is 17.6 Å². The van der Waals surface area contributed by atoms with Crippen LogP contribution in [0.2, 0.25) is 0 Å². The molecule has 0 aromatic carbocycles. The van der Waals surface area contributed by atoms with Gasteiger partial charge in [0.1, 0.15) is 11.6 Å². The highest BCUT2D eigenvalue weighted by Crippen LogP contribution is 2.26. The SMILES string of the molecule is CC1CCCc2nnc(CC3CCCOC3)n21. The zero-order chi connectivity index (χ0) is 11.7. The van der Waals surface area contributed by atoms with Crippen LogP contribution in [0.25, 0.3) is 0 Å². The number of hydrogen-bond donors (Lipinski definition) is 0. The summed E-state index contributed by atoms with van der Waals surface area (Å²) >= 11 is 0. The molecule has 0 aliphatic carbocycles. The van der Waals surface area contributed by atoms with Crippen LogP contribution in [0.1, 0.15) is 50.3 Å². The molecule has 2 aliphatic rings. The van der Waals surface area contributed by atoms with Gasteiger partial charge in [0.15, 0.2) is 0 Å². The highest BCUT2D eigenvalue weighted by Gasteiger charge is 2.24. The van der Waals surface area contributed by atoms with Crippen LogP contribution in [-0.4, -0.2) is 28.0 Å². The Labute approximate surface area is 102 Å². The molecule has 0 saturated carbocycles. The number of hydrogen-bond acceptors (Lipinski definition) is 3. The van der Waals surface area contributed by atoms with Crippen molar-refractivity contribution >= 4 is 0 Å². The van der Waals surface area contributed by atoms with Crippen LogP contribution in [0.4, 0.5) is 0 Å². The number of nitrogens with zero attached hydrogens (tertiary/aromatic N) is 3. The van der Waals surface area contributed by atoms with Gasteiger partial charge in [0.2, 0.25) is 0 Å². The topological polar surface area (TPSA) is 39.9 Å². The molecule has 94 valence electrons. The molecule has 2 unspecified atom stereocenters. The summed E-state index contributed by atoms with van der Waals surface area (Å²) < 4.78 is 7.92. The molecule has 1 aromatic rings. The zero-order valence-electron chi connectivity index (χ0n) is 10.6. The van der Waals surface area contributed by atoms with Gasteiger partial charge in [-0.15, -0.1) is 10.2 Å². The van der Waals surface area contributed by atoms with Gasteiger partial charge in [-0.2, -0.15) is 0 Å². The van der Waals surface area contributed by atoms with E-state index >= 15 is 0 Å². The molecule has 4 nitrogen and oxygen atoms in total. The van der Waals surface area contributed by atoms with Gasteiger partial charge >= 0.3 is 0 Å². The molecule has 0 N–H and O–H groups in total. The first-order chi connectivity index (χ1) is 8.34. The minimum absolute atomic E-state index is 0.577. The summed E-state index contributed by atoms with van der Waals surface area (Å²) in [6.07, 6.45) is 7.12. The van der Waals surface area contributed by atoms with Gasteiger partial charge in [-0.25, -0.2) is 0 Å². The first-order valence-electron chi connectivity index (χ1n) is 6.85. The molecule has 1 aromatic heterocycles. The first kappa shape index (κ1) is 11.2. The summed E-state index contributed by atoms with van der Waals surface area (Å²) in [5, 5.41) is 8.74. The normalized spacial score (nSPS) is 29.0. The van der Waals surface area contributed by atoms with Gasteiger partial charge in [0.25, 0.3) is 0 Å². The summed E-state index contributed by atoms with van der Waals surface area (Å²) in [5.74, 6) is 3.02. The number of rotatable bonds is 2. The molecular weight excluding hydrogens is 214 g/mol. The molecule has 0 spiro atoms. The van der Waals surface area contributed by atoms with Crippen molar-refractivity contribution in [3.8, 4) is 0 Å². The first-order valence-corrected chi connectivity index (χ1v) is 6.85. The van der Waals surface area contributed by atoms with Crippen LogP contribution >= 0.6 is 0 Å². The van der Waals surface area contributed by atoms with Gasteiger partial charge in [-0.05, 0) is 38.5 Å². The van der Waals surface area contributed by atoms with Crippen molar-refractivity contribution < 1.29 is 4.74 Å². The second-order valence-electron chi connectivity index (χ2n) is 5.43. The molecule has 0 bridgehead atoms. The van der Waals surface area contributed by atoms with E-state index in [4.69, 9.17) is 4.74 Å². The van der Waals surface area contributed by atoms with Gasteiger partial charge in [0.05, 0.1) is 0 Å². The van der Waals surface area contributed by atoms with E-state index in [9.17, 15) is 0 Å². The van der Waals surface area contributed by atoms with E-state index in [1.54, 1.807) is 0 Å². The number of aromatic nitrogens is 3. The maximum Gasteiger partial charge on any atom is 0.133 e. The van der Waals surface area contributed by atoms with E-state index in [0.29, 0.717) is 12.0 Å². The minimum Gasteiger partial charge on any atom is -0.381 e. The highest BCUT2D eigenvalue weighted by atomic mass is 16.5. The van der Waals surface area contributed by atoms with Crippen LogP contribution in [0.3, 0.4) is 0 Å². The van der Waals surface area contributed by atoms with Gasteiger partial charge in [-0.3, -0.25) is 0 Å². The standard InChI is InChI=1S/C13H21N3O/c1-10-4-2-6-12-14-15-13(16(10)12)8-11-5-3-7-17-9-11/h10-11H,2-9H2,1H3. The van der Waals surface area contributed by atoms with E-state index in [-0.39, 0.29) is 0 Å². The Morgan fingerprint density at radius 2 is 2.24 bits per heavy atom. The quantitative estimate of drug-likeness (QED) is 0.788. The minimum atomic E-state index is 0.577. The zero-order valence-corrected chi connectivity index (χ0v) is 10.6. The molecule has 0 radical (unpaired) electrons. The van der Waals surface area contributed by atoms with Crippen LogP contribution in [0, 0.1) is 5.92 Å². The van der Waals surface area contributed by atoms with Gasteiger partial charge in [-0.1, -0.05) is 0 Å². The van der Waals surface area contributed by atoms with Crippen molar-refractivity contribution in [2.45, 2.75) is 51.5 Å². The second-order valence-corrected chi connectivity index (χ2v) is 5.43. The van der Waals surface area contributed by atoms with E-state index in [1.807, 2.05) is 0 Å². The van der Waals surface area contributed by atoms with E-state index in [1.165, 1.54) is 37.3 Å². The van der Waals surface area contributed by atoms with Crippen LogP contribution in [0.15, 0.2) is 0 Å². The fourth-order valence-corrected chi connectivity index (χ4v) is 3.09. The molecule has 17 heavy (non-hydrogen) atoms. The Hall–Kier alpha value is -0.900. The Morgan fingerprint density at radius 3 is 3.06 bits per heavy atom. The second kappa shape index (κ2) is 4.77. The lowest BCUT2D eigenvalue weighted by molar-refractivity contribution is 0.0537. The van der Waals surface area contributed by atoms with E-state index in [2.05, 4.69) is 21.7 Å². The van der Waals surface area contributed by atoms with E-state index < -0.39 is 0 Å². The van der Waals surface area contributed by atoms with Crippen molar-refractivity contribution in [2.24, 2.45) is 5.92 Å². The molecule has 0 amide bonds. The predicted molar refractivity (Wildman–Crippen MR) is 64.9 cm³/mol. The Bertz CT molecular complexity index is 382. The third-order valence-corrected chi connectivity index (χ3v) is 4.03. The maximum absolute atomic E-state index is 5.54. The lowest BCUT2D eigenvalue weighted by Gasteiger charge is -2.25. The monoisotopic (exact) mass is 235 g/mol. The largest absolute Gasteiger partial charge is 0.381 e.